The molecule has 0 fully saturated rings. The van der Waals surface area contributed by atoms with Gasteiger partial charge in [0.25, 0.3) is 0 Å². The first kappa shape index (κ1) is 17.8. The average molecular weight is 264 g/mol. The molecule has 5 nitrogen and oxygen atoms in total. The fraction of sp³-hybridized carbons (Fsp3) is 1.00. The van der Waals surface area contributed by atoms with E-state index in [1.165, 1.54) is 12.8 Å². The van der Waals surface area contributed by atoms with E-state index in [-0.39, 0.29) is 19.8 Å². The van der Waals surface area contributed by atoms with E-state index in [9.17, 15) is 5.11 Å². The summed E-state index contributed by atoms with van der Waals surface area (Å²) in [6.45, 7) is 4.45. The summed E-state index contributed by atoms with van der Waals surface area (Å²) in [6.07, 6.45) is 2.56. The van der Waals surface area contributed by atoms with Crippen LogP contribution in [-0.4, -0.2) is 60.1 Å². The van der Waals surface area contributed by atoms with Crippen LogP contribution >= 0.6 is 0 Å². The predicted octanol–water partition coefficient (Wildman–Crippen LogP) is 0.702. The minimum atomic E-state index is -0.894. The number of unbranched alkanes of at least 4 members (excludes halogenated alkanes) is 3. The highest BCUT2D eigenvalue weighted by atomic mass is 16.5. The van der Waals surface area contributed by atoms with Crippen molar-refractivity contribution in [2.24, 2.45) is 0 Å². The highest BCUT2D eigenvalue weighted by Crippen LogP contribution is 2.03. The van der Waals surface area contributed by atoms with Crippen LogP contribution in [0.1, 0.15) is 39.5 Å². The van der Waals surface area contributed by atoms with Crippen molar-refractivity contribution in [2.75, 3.05) is 26.4 Å². The number of rotatable bonds is 12. The number of hydrogen-bond acceptors (Lipinski definition) is 5. The van der Waals surface area contributed by atoms with Crippen molar-refractivity contribution in [3.63, 3.8) is 0 Å². The van der Waals surface area contributed by atoms with Gasteiger partial charge in [0, 0.05) is 6.61 Å². The van der Waals surface area contributed by atoms with E-state index in [4.69, 9.17) is 19.7 Å². The number of aliphatic hydroxyl groups excluding tert-OH is 3. The quantitative estimate of drug-likeness (QED) is 0.452. The molecule has 0 rings (SSSR count). The molecule has 0 aromatic rings. The molecule has 5 heteroatoms. The third kappa shape index (κ3) is 9.79. The Bertz CT molecular complexity index is 177. The van der Waals surface area contributed by atoms with Crippen molar-refractivity contribution < 1.29 is 24.8 Å². The Kier molecular flexibility index (Phi) is 11.7. The zero-order valence-corrected chi connectivity index (χ0v) is 11.5. The Morgan fingerprint density at radius 1 is 1.06 bits per heavy atom. The first-order valence-corrected chi connectivity index (χ1v) is 6.78. The Labute approximate surface area is 110 Å². The number of aliphatic hydroxyl groups is 3. The maximum atomic E-state index is 9.71. The summed E-state index contributed by atoms with van der Waals surface area (Å²) < 4.78 is 10.6. The highest BCUT2D eigenvalue weighted by Gasteiger charge is 2.16. The topological polar surface area (TPSA) is 79.2 Å². The van der Waals surface area contributed by atoms with Crippen LogP contribution in [0.25, 0.3) is 0 Å². The lowest BCUT2D eigenvalue weighted by Gasteiger charge is -2.20. The Hall–Kier alpha value is -0.200. The maximum Gasteiger partial charge on any atom is 0.103 e. The molecule has 0 radical (unpaired) electrons. The molecule has 0 heterocycles. The van der Waals surface area contributed by atoms with Crippen LogP contribution in [0, 0.1) is 0 Å². The molecule has 18 heavy (non-hydrogen) atoms. The van der Waals surface area contributed by atoms with Crippen LogP contribution in [0.4, 0.5) is 0 Å². The Morgan fingerprint density at radius 2 is 1.78 bits per heavy atom. The van der Waals surface area contributed by atoms with Crippen LogP contribution < -0.4 is 0 Å². The lowest BCUT2D eigenvalue weighted by atomic mass is 10.2. The number of ether oxygens (including phenoxy) is 2. The van der Waals surface area contributed by atoms with Crippen LogP contribution in [0.15, 0.2) is 0 Å². The summed E-state index contributed by atoms with van der Waals surface area (Å²) in [4.78, 5) is 0. The van der Waals surface area contributed by atoms with Gasteiger partial charge in [-0.3, -0.25) is 0 Å². The molecular weight excluding hydrogens is 236 g/mol. The summed E-state index contributed by atoms with van der Waals surface area (Å²) in [6, 6.07) is 0. The van der Waals surface area contributed by atoms with Crippen molar-refractivity contribution in [1.29, 1.82) is 0 Å². The van der Waals surface area contributed by atoms with Gasteiger partial charge < -0.3 is 24.8 Å². The zero-order valence-electron chi connectivity index (χ0n) is 11.5. The second-order valence-electron chi connectivity index (χ2n) is 4.58. The SMILES string of the molecule is CCCCCCOCC(O)[C@H](C)OC[C@@H](O)CO. The van der Waals surface area contributed by atoms with Gasteiger partial charge in [0.2, 0.25) is 0 Å². The highest BCUT2D eigenvalue weighted by molar-refractivity contribution is 4.64. The fourth-order valence-corrected chi connectivity index (χ4v) is 1.40. The van der Waals surface area contributed by atoms with Crippen molar-refractivity contribution in [3.05, 3.63) is 0 Å². The molecule has 1 unspecified atom stereocenters. The molecule has 0 aromatic carbocycles. The minimum Gasteiger partial charge on any atom is -0.394 e. The van der Waals surface area contributed by atoms with Gasteiger partial charge in [-0.2, -0.15) is 0 Å². The Balaban J connectivity index is 3.46. The first-order valence-electron chi connectivity index (χ1n) is 6.78. The molecule has 0 aliphatic carbocycles. The molecule has 0 amide bonds. The van der Waals surface area contributed by atoms with E-state index in [0.29, 0.717) is 6.61 Å². The third-order valence-electron chi connectivity index (χ3n) is 2.73. The predicted molar refractivity (Wildman–Crippen MR) is 69.5 cm³/mol. The molecule has 0 saturated carbocycles. The minimum absolute atomic E-state index is 0.0191. The summed E-state index contributed by atoms with van der Waals surface area (Å²) in [5.74, 6) is 0. The molecule has 0 spiro atoms. The zero-order chi connectivity index (χ0) is 13.8. The van der Waals surface area contributed by atoms with Gasteiger partial charge >= 0.3 is 0 Å². The summed E-state index contributed by atoms with van der Waals surface area (Å²) >= 11 is 0. The maximum absolute atomic E-state index is 9.71. The Morgan fingerprint density at radius 3 is 2.39 bits per heavy atom. The molecule has 0 aromatic heterocycles. The van der Waals surface area contributed by atoms with Gasteiger partial charge in [-0.1, -0.05) is 26.2 Å². The van der Waals surface area contributed by atoms with Gasteiger partial charge in [-0.05, 0) is 13.3 Å². The van der Waals surface area contributed by atoms with E-state index < -0.39 is 18.3 Å². The molecule has 0 aliphatic heterocycles. The van der Waals surface area contributed by atoms with E-state index in [1.807, 2.05) is 0 Å². The van der Waals surface area contributed by atoms with Gasteiger partial charge in [-0.15, -0.1) is 0 Å². The van der Waals surface area contributed by atoms with Crippen LogP contribution in [0.2, 0.25) is 0 Å². The van der Waals surface area contributed by atoms with Crippen molar-refractivity contribution in [1.82, 2.24) is 0 Å². The number of hydrogen-bond donors (Lipinski definition) is 3. The monoisotopic (exact) mass is 264 g/mol. The third-order valence-corrected chi connectivity index (χ3v) is 2.73. The lowest BCUT2D eigenvalue weighted by Crippen LogP contribution is -2.33. The van der Waals surface area contributed by atoms with Crippen molar-refractivity contribution >= 4 is 0 Å². The molecular formula is C13H28O5. The van der Waals surface area contributed by atoms with Crippen LogP contribution in [0.5, 0.6) is 0 Å². The lowest BCUT2D eigenvalue weighted by molar-refractivity contribution is -0.0887. The van der Waals surface area contributed by atoms with Gasteiger partial charge in [-0.25, -0.2) is 0 Å². The van der Waals surface area contributed by atoms with Crippen molar-refractivity contribution in [2.45, 2.75) is 57.8 Å². The molecule has 0 aliphatic rings. The standard InChI is InChI=1S/C13H28O5/c1-3-4-5-6-7-17-10-13(16)11(2)18-9-12(15)8-14/h11-16H,3-10H2,1-2H3/t11-,12-,13?/m0/s1. The van der Waals surface area contributed by atoms with Gasteiger partial charge in [0.1, 0.15) is 12.2 Å². The van der Waals surface area contributed by atoms with E-state index in [1.54, 1.807) is 6.92 Å². The van der Waals surface area contributed by atoms with E-state index in [0.717, 1.165) is 12.8 Å². The normalized spacial score (nSPS) is 16.5. The average Bonchev–Trinajstić information content (AvgIpc) is 2.39. The van der Waals surface area contributed by atoms with Gasteiger partial charge in [0.05, 0.1) is 25.9 Å². The second-order valence-corrected chi connectivity index (χ2v) is 4.58. The summed E-state index contributed by atoms with van der Waals surface area (Å²) in [7, 11) is 0. The fourth-order valence-electron chi connectivity index (χ4n) is 1.40. The van der Waals surface area contributed by atoms with E-state index >= 15 is 0 Å². The molecule has 110 valence electrons. The summed E-state index contributed by atoms with van der Waals surface area (Å²) in [5, 5.41) is 27.4. The molecule has 0 saturated heterocycles. The molecule has 3 N–H and O–H groups in total. The van der Waals surface area contributed by atoms with Gasteiger partial charge in [0.15, 0.2) is 0 Å². The molecule has 0 bridgehead atoms. The first-order chi connectivity index (χ1) is 8.61. The van der Waals surface area contributed by atoms with Crippen LogP contribution in [-0.2, 0) is 9.47 Å². The summed E-state index contributed by atoms with van der Waals surface area (Å²) in [5.41, 5.74) is 0. The second kappa shape index (κ2) is 11.9. The van der Waals surface area contributed by atoms with E-state index in [2.05, 4.69) is 6.92 Å². The smallest absolute Gasteiger partial charge is 0.103 e. The van der Waals surface area contributed by atoms with Crippen LogP contribution in [0.3, 0.4) is 0 Å². The largest absolute Gasteiger partial charge is 0.394 e. The van der Waals surface area contributed by atoms with Crippen molar-refractivity contribution in [3.8, 4) is 0 Å². The molecule has 3 atom stereocenters.